The van der Waals surface area contributed by atoms with Gasteiger partial charge in [0, 0.05) is 23.0 Å². The minimum Gasteiger partial charge on any atom is -0.361 e. The fourth-order valence-corrected chi connectivity index (χ4v) is 3.47. The summed E-state index contributed by atoms with van der Waals surface area (Å²) < 4.78 is 38.6. The zero-order valence-corrected chi connectivity index (χ0v) is 17.0. The monoisotopic (exact) mass is 447 g/mol. The van der Waals surface area contributed by atoms with Gasteiger partial charge < -0.3 is 5.32 Å². The van der Waals surface area contributed by atoms with Crippen molar-refractivity contribution in [2.45, 2.75) is 12.6 Å². The number of nitrogens with zero attached hydrogens (tertiary/aromatic N) is 1. The third-order valence-corrected chi connectivity index (χ3v) is 5.19. The molecule has 0 atom stereocenters. The fourth-order valence-electron chi connectivity index (χ4n) is 3.47. The Labute approximate surface area is 187 Å². The summed E-state index contributed by atoms with van der Waals surface area (Å²) in [4.78, 5) is 24.8. The second-order valence-corrected chi connectivity index (χ2v) is 7.35. The van der Waals surface area contributed by atoms with Crippen molar-refractivity contribution in [1.82, 2.24) is 5.32 Å². The number of carbonyl (C=O) groups is 2. The van der Waals surface area contributed by atoms with E-state index >= 15 is 0 Å². The van der Waals surface area contributed by atoms with Gasteiger partial charge >= 0.3 is 6.18 Å². The minimum absolute atomic E-state index is 0.208. The van der Waals surface area contributed by atoms with Gasteiger partial charge in [0.1, 0.15) is 0 Å². The SMILES string of the molecule is N#CCc1ccc(N/C=C2\C(=O)NC(=O)c3ccc(-c4ccc(C(F)(F)F)cc4)cc32)cc1. The molecule has 33 heavy (non-hydrogen) atoms. The number of benzene rings is 3. The molecule has 2 amide bonds. The molecule has 5 nitrogen and oxygen atoms in total. The van der Waals surface area contributed by atoms with E-state index in [1.807, 2.05) is 0 Å². The second-order valence-electron chi connectivity index (χ2n) is 7.35. The van der Waals surface area contributed by atoms with Crippen LogP contribution in [0.5, 0.6) is 0 Å². The fraction of sp³-hybridized carbons (Fsp3) is 0.0800. The highest BCUT2D eigenvalue weighted by atomic mass is 19.4. The van der Waals surface area contributed by atoms with Crippen molar-refractivity contribution in [3.63, 3.8) is 0 Å². The molecule has 0 fully saturated rings. The lowest BCUT2D eigenvalue weighted by Crippen LogP contribution is -2.36. The van der Waals surface area contributed by atoms with Gasteiger partial charge in [-0.25, -0.2) is 0 Å². The lowest BCUT2D eigenvalue weighted by Gasteiger charge is -2.19. The summed E-state index contributed by atoms with van der Waals surface area (Å²) >= 11 is 0. The van der Waals surface area contributed by atoms with Crippen molar-refractivity contribution < 1.29 is 22.8 Å². The van der Waals surface area contributed by atoms with Crippen molar-refractivity contribution in [1.29, 1.82) is 5.26 Å². The summed E-state index contributed by atoms with van der Waals surface area (Å²) in [6.07, 6.45) is -2.68. The molecule has 8 heteroatoms. The number of halogens is 3. The topological polar surface area (TPSA) is 82.0 Å². The van der Waals surface area contributed by atoms with Crippen LogP contribution in [0.2, 0.25) is 0 Å². The maximum absolute atomic E-state index is 12.9. The first kappa shape index (κ1) is 21.8. The first-order valence-corrected chi connectivity index (χ1v) is 9.86. The highest BCUT2D eigenvalue weighted by Gasteiger charge is 2.30. The van der Waals surface area contributed by atoms with Gasteiger partial charge in [-0.15, -0.1) is 0 Å². The summed E-state index contributed by atoms with van der Waals surface area (Å²) in [6, 6.07) is 18.6. The number of nitrogens with one attached hydrogen (secondary N) is 2. The van der Waals surface area contributed by atoms with Crippen molar-refractivity contribution in [2.75, 3.05) is 5.32 Å². The van der Waals surface area contributed by atoms with E-state index < -0.39 is 23.6 Å². The Balaban J connectivity index is 1.68. The van der Waals surface area contributed by atoms with Gasteiger partial charge in [-0.2, -0.15) is 18.4 Å². The van der Waals surface area contributed by atoms with Gasteiger partial charge in [0.15, 0.2) is 0 Å². The van der Waals surface area contributed by atoms with Crippen LogP contribution < -0.4 is 10.6 Å². The molecule has 1 aliphatic heterocycles. The highest BCUT2D eigenvalue weighted by molar-refractivity contribution is 6.31. The van der Waals surface area contributed by atoms with E-state index in [1.165, 1.54) is 24.4 Å². The van der Waals surface area contributed by atoms with Crippen LogP contribution in [0.15, 0.2) is 72.9 Å². The molecule has 0 spiro atoms. The third-order valence-electron chi connectivity index (χ3n) is 5.19. The van der Waals surface area contributed by atoms with E-state index in [0.717, 1.165) is 17.7 Å². The average Bonchev–Trinajstić information content (AvgIpc) is 2.79. The molecule has 0 bridgehead atoms. The van der Waals surface area contributed by atoms with Gasteiger partial charge in [0.2, 0.25) is 0 Å². The molecule has 0 saturated carbocycles. The number of carbonyl (C=O) groups excluding carboxylic acids is 2. The molecule has 0 aromatic heterocycles. The molecule has 0 saturated heterocycles. The Bertz CT molecular complexity index is 1300. The maximum Gasteiger partial charge on any atom is 0.416 e. The highest BCUT2D eigenvalue weighted by Crippen LogP contribution is 2.33. The number of nitriles is 1. The largest absolute Gasteiger partial charge is 0.416 e. The van der Waals surface area contributed by atoms with E-state index in [9.17, 15) is 22.8 Å². The standard InChI is InChI=1S/C25H16F3N3O2/c26-25(27,28)18-6-3-16(4-7-18)17-5-10-20-21(13-17)22(24(33)31-23(20)32)14-30-19-8-1-15(2-9-19)11-12-29/h1-10,13-14,30H,11H2,(H,31,32,33)/b22-14-. The molecule has 4 rings (SSSR count). The number of fused-ring (bicyclic) bond motifs is 1. The van der Waals surface area contributed by atoms with Crippen LogP contribution in [0.25, 0.3) is 16.7 Å². The molecule has 0 unspecified atom stereocenters. The first-order valence-electron chi connectivity index (χ1n) is 9.86. The lowest BCUT2D eigenvalue weighted by atomic mass is 9.91. The van der Waals surface area contributed by atoms with Gasteiger partial charge in [0.25, 0.3) is 11.8 Å². The Kier molecular flexibility index (Phi) is 5.71. The van der Waals surface area contributed by atoms with Gasteiger partial charge in [-0.3, -0.25) is 14.9 Å². The molecule has 0 radical (unpaired) electrons. The maximum atomic E-state index is 12.9. The van der Waals surface area contributed by atoms with Crippen LogP contribution in [-0.4, -0.2) is 11.8 Å². The van der Waals surface area contributed by atoms with Crippen LogP contribution in [0, 0.1) is 11.3 Å². The molecule has 3 aromatic rings. The van der Waals surface area contributed by atoms with Crippen LogP contribution in [0.3, 0.4) is 0 Å². The van der Waals surface area contributed by atoms with E-state index in [1.54, 1.807) is 36.4 Å². The van der Waals surface area contributed by atoms with Crippen LogP contribution in [0.4, 0.5) is 18.9 Å². The summed E-state index contributed by atoms with van der Waals surface area (Å²) in [5.41, 5.74) is 2.71. The Morgan fingerprint density at radius 1 is 0.879 bits per heavy atom. The van der Waals surface area contributed by atoms with Crippen LogP contribution in [0.1, 0.15) is 27.0 Å². The number of amides is 2. The Morgan fingerprint density at radius 2 is 1.55 bits per heavy atom. The van der Waals surface area contributed by atoms with Crippen LogP contribution >= 0.6 is 0 Å². The van der Waals surface area contributed by atoms with E-state index in [0.29, 0.717) is 22.4 Å². The van der Waals surface area contributed by atoms with Crippen molar-refractivity contribution in [2.24, 2.45) is 0 Å². The molecule has 164 valence electrons. The number of imide groups is 1. The molecule has 0 aliphatic carbocycles. The average molecular weight is 447 g/mol. The van der Waals surface area contributed by atoms with Crippen LogP contribution in [-0.2, 0) is 17.4 Å². The number of hydrogen-bond acceptors (Lipinski definition) is 4. The molecular formula is C25H16F3N3O2. The predicted octanol–water partition coefficient (Wildman–Crippen LogP) is 5.16. The molecule has 1 heterocycles. The zero-order chi connectivity index (χ0) is 23.6. The zero-order valence-electron chi connectivity index (χ0n) is 17.0. The Morgan fingerprint density at radius 3 is 2.18 bits per heavy atom. The molecular weight excluding hydrogens is 431 g/mol. The summed E-state index contributed by atoms with van der Waals surface area (Å²) in [5, 5.41) is 14.1. The number of anilines is 1. The van der Waals surface area contributed by atoms with Gasteiger partial charge in [-0.1, -0.05) is 30.3 Å². The molecule has 3 aromatic carbocycles. The molecule has 1 aliphatic rings. The smallest absolute Gasteiger partial charge is 0.361 e. The Hall–Kier alpha value is -4.38. The normalized spacial score (nSPS) is 14.4. The van der Waals surface area contributed by atoms with Crippen molar-refractivity contribution in [3.05, 3.63) is 95.2 Å². The quantitative estimate of drug-likeness (QED) is 0.428. The number of alkyl halides is 3. The van der Waals surface area contributed by atoms with E-state index in [-0.39, 0.29) is 17.6 Å². The molecule has 2 N–H and O–H groups in total. The van der Waals surface area contributed by atoms with Crippen molar-refractivity contribution >= 4 is 23.1 Å². The third kappa shape index (κ3) is 4.62. The summed E-state index contributed by atoms with van der Waals surface area (Å²) in [7, 11) is 0. The number of hydrogen-bond donors (Lipinski definition) is 2. The lowest BCUT2D eigenvalue weighted by molar-refractivity contribution is -0.137. The summed E-state index contributed by atoms with van der Waals surface area (Å²) in [5.74, 6) is -1.14. The van der Waals surface area contributed by atoms with Crippen molar-refractivity contribution in [3.8, 4) is 17.2 Å². The van der Waals surface area contributed by atoms with Gasteiger partial charge in [-0.05, 0) is 53.1 Å². The van der Waals surface area contributed by atoms with E-state index in [2.05, 4.69) is 16.7 Å². The summed E-state index contributed by atoms with van der Waals surface area (Å²) in [6.45, 7) is 0. The van der Waals surface area contributed by atoms with E-state index in [4.69, 9.17) is 5.26 Å². The predicted molar refractivity (Wildman–Crippen MR) is 117 cm³/mol. The van der Waals surface area contributed by atoms with Gasteiger partial charge in [0.05, 0.1) is 23.6 Å². The second kappa shape index (κ2) is 8.63. The number of rotatable bonds is 4. The minimum atomic E-state index is -4.44. The first-order chi connectivity index (χ1) is 15.8.